The quantitative estimate of drug-likeness (QED) is 0.580. The molecule has 0 aromatic carbocycles. The van der Waals surface area contributed by atoms with Crippen LogP contribution in [0.4, 0.5) is 0 Å². The molecule has 0 fully saturated rings. The average molecular weight is 196 g/mol. The first-order valence-corrected chi connectivity index (χ1v) is 5.48. The number of thioether (sulfide) groups is 1. The Kier molecular flexibility index (Phi) is 3.03. The topological polar surface area (TPSA) is 0 Å². The Balaban J connectivity index is 2.51. The summed E-state index contributed by atoms with van der Waals surface area (Å²) in [6, 6.07) is 0. The molecule has 0 aromatic heterocycles. The van der Waals surface area contributed by atoms with Crippen LogP contribution in [0.5, 0.6) is 0 Å². The fraction of sp³-hybridized carbons (Fsp3) is 0.231. The summed E-state index contributed by atoms with van der Waals surface area (Å²) in [6.45, 7) is 0. The lowest BCUT2D eigenvalue weighted by molar-refractivity contribution is 1.01. The standard InChI is InChI=1S/C13H8S/c1-2-5-9-12(8-4-1)13-10-6-3-7-11-14-13/h1,7H,4,8,11H2. The first kappa shape index (κ1) is 9.08. The van der Waals surface area contributed by atoms with E-state index in [0.29, 0.717) is 0 Å². The van der Waals surface area contributed by atoms with Crippen molar-refractivity contribution < 1.29 is 0 Å². The average Bonchev–Trinajstić information content (AvgIpc) is 2.62. The van der Waals surface area contributed by atoms with Gasteiger partial charge in [0.1, 0.15) is 0 Å². The molecule has 0 radical (unpaired) electrons. The molecule has 2 aliphatic rings. The Morgan fingerprint density at radius 2 is 1.93 bits per heavy atom. The zero-order valence-electron chi connectivity index (χ0n) is 7.68. The van der Waals surface area contributed by atoms with Crippen molar-refractivity contribution in [3.63, 3.8) is 0 Å². The second-order valence-corrected chi connectivity index (χ2v) is 3.88. The van der Waals surface area contributed by atoms with E-state index in [0.717, 1.165) is 29.1 Å². The van der Waals surface area contributed by atoms with E-state index in [1.54, 1.807) is 11.8 Å². The lowest BCUT2D eigenvalue weighted by Gasteiger charge is -2.02. The fourth-order valence-corrected chi connectivity index (χ4v) is 1.98. The molecular formula is C13H8S. The highest BCUT2D eigenvalue weighted by atomic mass is 32.2. The summed E-state index contributed by atoms with van der Waals surface area (Å²) in [5.74, 6) is 0.928. The molecule has 1 aliphatic heterocycles. The van der Waals surface area contributed by atoms with Gasteiger partial charge in [0.05, 0.1) is 4.91 Å². The first-order chi connectivity index (χ1) is 6.97. The number of hydrogen-bond acceptors (Lipinski definition) is 1. The van der Waals surface area contributed by atoms with Crippen molar-refractivity contribution in [3.8, 4) is 0 Å². The van der Waals surface area contributed by atoms with Gasteiger partial charge in [0.15, 0.2) is 0 Å². The van der Waals surface area contributed by atoms with E-state index in [9.17, 15) is 0 Å². The Bertz CT molecular complexity index is 460. The van der Waals surface area contributed by atoms with Crippen molar-refractivity contribution >= 4 is 11.8 Å². The van der Waals surface area contributed by atoms with E-state index < -0.39 is 0 Å². The van der Waals surface area contributed by atoms with Gasteiger partial charge in [-0.2, -0.15) is 0 Å². The Hall–Kier alpha value is -1.49. The third kappa shape index (κ3) is 2.26. The molecule has 0 spiro atoms. The molecule has 0 saturated carbocycles. The lowest BCUT2D eigenvalue weighted by atomic mass is 10.1. The van der Waals surface area contributed by atoms with Crippen molar-refractivity contribution in [2.75, 3.05) is 5.75 Å². The molecule has 0 N–H and O–H groups in total. The molecule has 0 unspecified atom stereocenters. The summed E-state index contributed by atoms with van der Waals surface area (Å²) >= 11 is 1.74. The van der Waals surface area contributed by atoms with Gasteiger partial charge in [0.25, 0.3) is 0 Å². The van der Waals surface area contributed by atoms with Gasteiger partial charge in [-0.05, 0) is 42.2 Å². The highest BCUT2D eigenvalue weighted by Crippen LogP contribution is 2.26. The Morgan fingerprint density at radius 1 is 1.07 bits per heavy atom. The van der Waals surface area contributed by atoms with Crippen LogP contribution in [0.2, 0.25) is 0 Å². The minimum absolute atomic E-state index is 0.928. The van der Waals surface area contributed by atoms with E-state index in [4.69, 9.17) is 0 Å². The smallest absolute Gasteiger partial charge is 0.0703 e. The summed E-state index contributed by atoms with van der Waals surface area (Å²) in [4.78, 5) is 1.11. The molecular weight excluding hydrogens is 188 g/mol. The molecule has 0 bridgehead atoms. The third-order valence-corrected chi connectivity index (χ3v) is 2.83. The molecule has 2 rings (SSSR count). The SMILES string of the molecule is C1=C=CCCC(C2=C=C=C=CCS2)=C=1. The predicted octanol–water partition coefficient (Wildman–Crippen LogP) is 3.27. The molecule has 1 heteroatoms. The molecule has 0 amide bonds. The van der Waals surface area contributed by atoms with Gasteiger partial charge in [0, 0.05) is 11.3 Å². The second-order valence-electron chi connectivity index (χ2n) is 2.85. The van der Waals surface area contributed by atoms with Gasteiger partial charge >= 0.3 is 0 Å². The maximum Gasteiger partial charge on any atom is 0.0703 e. The van der Waals surface area contributed by atoms with Crippen molar-refractivity contribution in [3.05, 3.63) is 57.0 Å². The maximum absolute atomic E-state index is 3.10. The van der Waals surface area contributed by atoms with E-state index in [1.807, 2.05) is 12.2 Å². The minimum atomic E-state index is 0.928. The molecule has 0 nitrogen and oxygen atoms in total. The second kappa shape index (κ2) is 4.66. The van der Waals surface area contributed by atoms with Crippen molar-refractivity contribution in [2.24, 2.45) is 0 Å². The van der Waals surface area contributed by atoms with E-state index in [2.05, 4.69) is 34.4 Å². The van der Waals surface area contributed by atoms with Crippen LogP contribution in [-0.4, -0.2) is 5.75 Å². The molecule has 66 valence electrons. The Labute approximate surface area is 87.7 Å². The number of rotatable bonds is 1. The molecule has 14 heavy (non-hydrogen) atoms. The van der Waals surface area contributed by atoms with Gasteiger partial charge in [-0.25, -0.2) is 0 Å². The van der Waals surface area contributed by atoms with Crippen molar-refractivity contribution in [1.82, 2.24) is 0 Å². The van der Waals surface area contributed by atoms with Gasteiger partial charge < -0.3 is 0 Å². The third-order valence-electron chi connectivity index (χ3n) is 1.86. The summed E-state index contributed by atoms with van der Waals surface area (Å²) in [5, 5.41) is 0. The predicted molar refractivity (Wildman–Crippen MR) is 58.9 cm³/mol. The van der Waals surface area contributed by atoms with Crippen LogP contribution in [-0.2, 0) is 0 Å². The normalized spacial score (nSPS) is 17.7. The van der Waals surface area contributed by atoms with E-state index in [-0.39, 0.29) is 0 Å². The first-order valence-electron chi connectivity index (χ1n) is 4.49. The van der Waals surface area contributed by atoms with Crippen LogP contribution < -0.4 is 0 Å². The van der Waals surface area contributed by atoms with Gasteiger partial charge in [0.2, 0.25) is 0 Å². The number of hydrogen-bond donors (Lipinski definition) is 0. The van der Waals surface area contributed by atoms with Crippen LogP contribution in [0.1, 0.15) is 12.8 Å². The minimum Gasteiger partial charge on any atom is -0.111 e. The van der Waals surface area contributed by atoms with Gasteiger partial charge in [-0.3, -0.25) is 0 Å². The molecule has 0 atom stereocenters. The van der Waals surface area contributed by atoms with Crippen LogP contribution in [0.15, 0.2) is 57.0 Å². The number of allylic oxidation sites excluding steroid dienone is 2. The fourth-order valence-electron chi connectivity index (χ4n) is 1.19. The molecule has 0 saturated heterocycles. The van der Waals surface area contributed by atoms with Crippen LogP contribution >= 0.6 is 11.8 Å². The van der Waals surface area contributed by atoms with Crippen LogP contribution in [0, 0.1) is 0 Å². The Morgan fingerprint density at radius 3 is 2.93 bits per heavy atom. The maximum atomic E-state index is 3.10. The molecule has 1 aliphatic carbocycles. The summed E-state index contributed by atoms with van der Waals surface area (Å²) < 4.78 is 0. The molecule has 0 aromatic rings. The highest BCUT2D eigenvalue weighted by molar-refractivity contribution is 8.03. The highest BCUT2D eigenvalue weighted by Gasteiger charge is 2.05. The molecule has 1 heterocycles. The monoisotopic (exact) mass is 196 g/mol. The van der Waals surface area contributed by atoms with Crippen molar-refractivity contribution in [2.45, 2.75) is 12.8 Å². The summed E-state index contributed by atoms with van der Waals surface area (Å²) in [6.07, 6.45) is 5.93. The lowest BCUT2D eigenvalue weighted by Crippen LogP contribution is -1.84. The zero-order chi connectivity index (χ0) is 9.64. The largest absolute Gasteiger partial charge is 0.111 e. The van der Waals surface area contributed by atoms with Gasteiger partial charge in [-0.15, -0.1) is 11.8 Å². The summed E-state index contributed by atoms with van der Waals surface area (Å²) in [7, 11) is 0. The summed E-state index contributed by atoms with van der Waals surface area (Å²) in [5.41, 5.74) is 19.0. The van der Waals surface area contributed by atoms with Crippen LogP contribution in [0.25, 0.3) is 0 Å². The van der Waals surface area contributed by atoms with E-state index in [1.165, 1.54) is 0 Å². The van der Waals surface area contributed by atoms with Crippen LogP contribution in [0.3, 0.4) is 0 Å². The van der Waals surface area contributed by atoms with E-state index >= 15 is 0 Å². The van der Waals surface area contributed by atoms with Crippen molar-refractivity contribution in [1.29, 1.82) is 0 Å². The van der Waals surface area contributed by atoms with Gasteiger partial charge in [-0.1, -0.05) is 17.2 Å². The zero-order valence-corrected chi connectivity index (χ0v) is 8.50.